The summed E-state index contributed by atoms with van der Waals surface area (Å²) in [5.41, 5.74) is 0.850. The zero-order valence-corrected chi connectivity index (χ0v) is 16.0. The van der Waals surface area contributed by atoms with Gasteiger partial charge in [-0.1, -0.05) is 43.2 Å². The predicted molar refractivity (Wildman–Crippen MR) is 97.8 cm³/mol. The monoisotopic (exact) mass is 409 g/mol. The standard InChI is InChI=1S/C17H20BrN3O2S/c1-21(12-7-3-2-4-8-12)15(22)11-24-17-20-19-16(23-17)13-9-5-6-10-14(13)18/h5-6,9-10,12H,2-4,7-8,11H2,1H3. The molecule has 24 heavy (non-hydrogen) atoms. The average Bonchev–Trinajstić information content (AvgIpc) is 3.09. The molecule has 0 bridgehead atoms. The number of aromatic nitrogens is 2. The second kappa shape index (κ2) is 8.16. The van der Waals surface area contributed by atoms with E-state index >= 15 is 0 Å². The Bertz CT molecular complexity index is 701. The average molecular weight is 410 g/mol. The highest BCUT2D eigenvalue weighted by Crippen LogP contribution is 2.29. The third-order valence-electron chi connectivity index (χ3n) is 4.35. The van der Waals surface area contributed by atoms with Crippen LogP contribution in [-0.2, 0) is 4.79 Å². The molecule has 1 aliphatic carbocycles. The van der Waals surface area contributed by atoms with Crippen LogP contribution in [0.25, 0.3) is 11.5 Å². The number of rotatable bonds is 5. The normalized spacial score (nSPS) is 15.4. The molecule has 1 amide bonds. The molecule has 1 heterocycles. The van der Waals surface area contributed by atoms with E-state index in [2.05, 4.69) is 26.1 Å². The highest BCUT2D eigenvalue weighted by Gasteiger charge is 2.22. The van der Waals surface area contributed by atoms with Gasteiger partial charge in [-0.3, -0.25) is 4.79 Å². The molecule has 1 aromatic carbocycles. The molecular weight excluding hydrogens is 390 g/mol. The quantitative estimate of drug-likeness (QED) is 0.685. The molecule has 0 unspecified atom stereocenters. The van der Waals surface area contributed by atoms with Crippen molar-refractivity contribution in [2.75, 3.05) is 12.8 Å². The third-order valence-corrected chi connectivity index (χ3v) is 5.84. The fourth-order valence-corrected chi connectivity index (χ4v) is 4.05. The lowest BCUT2D eigenvalue weighted by Crippen LogP contribution is -2.39. The SMILES string of the molecule is CN(C(=O)CSc1nnc(-c2ccccc2Br)o1)C1CCCCC1. The van der Waals surface area contributed by atoms with Crippen molar-refractivity contribution in [2.45, 2.75) is 43.4 Å². The van der Waals surface area contributed by atoms with Crippen molar-refractivity contribution < 1.29 is 9.21 Å². The first kappa shape index (κ1) is 17.5. The first-order valence-electron chi connectivity index (χ1n) is 8.12. The van der Waals surface area contributed by atoms with Crippen molar-refractivity contribution in [2.24, 2.45) is 0 Å². The highest BCUT2D eigenvalue weighted by atomic mass is 79.9. The van der Waals surface area contributed by atoms with Crippen molar-refractivity contribution in [3.8, 4) is 11.5 Å². The second-order valence-corrected chi connectivity index (χ2v) is 7.72. The highest BCUT2D eigenvalue weighted by molar-refractivity contribution is 9.10. The number of nitrogens with zero attached hydrogens (tertiary/aromatic N) is 3. The first-order chi connectivity index (χ1) is 11.6. The summed E-state index contributed by atoms with van der Waals surface area (Å²) in [7, 11) is 1.90. The van der Waals surface area contributed by atoms with Crippen LogP contribution in [0.2, 0.25) is 0 Å². The van der Waals surface area contributed by atoms with Crippen LogP contribution in [0.3, 0.4) is 0 Å². The summed E-state index contributed by atoms with van der Waals surface area (Å²) < 4.78 is 6.57. The maximum atomic E-state index is 12.4. The lowest BCUT2D eigenvalue weighted by atomic mass is 9.94. The third kappa shape index (κ3) is 4.19. The fraction of sp³-hybridized carbons (Fsp3) is 0.471. The van der Waals surface area contributed by atoms with E-state index in [9.17, 15) is 4.79 Å². The molecule has 3 rings (SSSR count). The molecule has 1 fully saturated rings. The van der Waals surface area contributed by atoms with Gasteiger partial charge < -0.3 is 9.32 Å². The van der Waals surface area contributed by atoms with Gasteiger partial charge in [0.1, 0.15) is 0 Å². The Labute approximate surface area is 154 Å². The van der Waals surface area contributed by atoms with Gasteiger partial charge in [0.15, 0.2) is 0 Å². The van der Waals surface area contributed by atoms with Crippen LogP contribution in [0.5, 0.6) is 0 Å². The number of hydrogen-bond donors (Lipinski definition) is 0. The van der Waals surface area contributed by atoms with Crippen LogP contribution >= 0.6 is 27.7 Å². The van der Waals surface area contributed by atoms with Gasteiger partial charge in [0.05, 0.1) is 11.3 Å². The number of benzene rings is 1. The molecule has 5 nitrogen and oxygen atoms in total. The Morgan fingerprint density at radius 1 is 1.29 bits per heavy atom. The molecule has 0 saturated heterocycles. The lowest BCUT2D eigenvalue weighted by Gasteiger charge is -2.31. The smallest absolute Gasteiger partial charge is 0.277 e. The van der Waals surface area contributed by atoms with Crippen LogP contribution in [0.1, 0.15) is 32.1 Å². The van der Waals surface area contributed by atoms with Crippen LogP contribution in [0.4, 0.5) is 0 Å². The Hall–Kier alpha value is -1.34. The minimum Gasteiger partial charge on any atom is -0.411 e. The zero-order chi connectivity index (χ0) is 16.9. The van der Waals surface area contributed by atoms with Crippen molar-refractivity contribution in [3.63, 3.8) is 0 Å². The lowest BCUT2D eigenvalue weighted by molar-refractivity contribution is -0.129. The number of carbonyl (C=O) groups excluding carboxylic acids is 1. The zero-order valence-electron chi connectivity index (χ0n) is 13.6. The molecule has 7 heteroatoms. The fourth-order valence-electron chi connectivity index (χ4n) is 2.91. The molecule has 128 valence electrons. The summed E-state index contributed by atoms with van der Waals surface area (Å²) in [4.78, 5) is 14.2. The minimum atomic E-state index is 0.118. The predicted octanol–water partition coefficient (Wildman–Crippen LogP) is 4.38. The van der Waals surface area contributed by atoms with E-state index in [1.165, 1.54) is 31.0 Å². The van der Waals surface area contributed by atoms with Crippen LogP contribution in [0.15, 0.2) is 38.4 Å². The summed E-state index contributed by atoms with van der Waals surface area (Å²) >= 11 is 4.77. The Balaban J connectivity index is 1.57. The summed E-state index contributed by atoms with van der Waals surface area (Å²) in [6, 6.07) is 8.06. The molecule has 1 saturated carbocycles. The van der Waals surface area contributed by atoms with E-state index in [4.69, 9.17) is 4.42 Å². The molecule has 0 aliphatic heterocycles. The van der Waals surface area contributed by atoms with E-state index in [-0.39, 0.29) is 5.91 Å². The number of halogens is 1. The minimum absolute atomic E-state index is 0.118. The number of carbonyl (C=O) groups is 1. The largest absolute Gasteiger partial charge is 0.411 e. The van der Waals surface area contributed by atoms with Gasteiger partial charge >= 0.3 is 0 Å². The van der Waals surface area contributed by atoms with Gasteiger partial charge in [0, 0.05) is 17.6 Å². The Kier molecular flexibility index (Phi) is 5.94. The summed E-state index contributed by atoms with van der Waals surface area (Å²) in [6.07, 6.45) is 5.94. The van der Waals surface area contributed by atoms with E-state index in [1.807, 2.05) is 36.2 Å². The van der Waals surface area contributed by atoms with Crippen molar-refractivity contribution in [1.82, 2.24) is 15.1 Å². The molecule has 2 aromatic rings. The molecule has 1 aliphatic rings. The maximum absolute atomic E-state index is 12.4. The van der Waals surface area contributed by atoms with Gasteiger partial charge in [-0.05, 0) is 40.9 Å². The van der Waals surface area contributed by atoms with Gasteiger partial charge in [0.25, 0.3) is 5.22 Å². The molecule has 0 radical (unpaired) electrons. The van der Waals surface area contributed by atoms with E-state index in [0.29, 0.717) is 22.9 Å². The van der Waals surface area contributed by atoms with E-state index < -0.39 is 0 Å². The molecule has 0 atom stereocenters. The van der Waals surface area contributed by atoms with Crippen LogP contribution in [-0.4, -0.2) is 39.8 Å². The van der Waals surface area contributed by atoms with E-state index in [1.54, 1.807) is 0 Å². The van der Waals surface area contributed by atoms with Crippen LogP contribution in [0, 0.1) is 0 Å². The van der Waals surface area contributed by atoms with Gasteiger partial charge in [-0.15, -0.1) is 10.2 Å². The number of amides is 1. The van der Waals surface area contributed by atoms with Gasteiger partial charge in [0.2, 0.25) is 11.8 Å². The molecule has 0 N–H and O–H groups in total. The second-order valence-electron chi connectivity index (χ2n) is 5.94. The van der Waals surface area contributed by atoms with Crippen molar-refractivity contribution in [3.05, 3.63) is 28.7 Å². The summed E-state index contributed by atoms with van der Waals surface area (Å²) in [5.74, 6) is 0.899. The first-order valence-corrected chi connectivity index (χ1v) is 9.90. The van der Waals surface area contributed by atoms with Gasteiger partial charge in [-0.25, -0.2) is 0 Å². The Morgan fingerprint density at radius 3 is 2.79 bits per heavy atom. The van der Waals surface area contributed by atoms with Gasteiger partial charge in [-0.2, -0.15) is 0 Å². The molecule has 1 aromatic heterocycles. The summed E-state index contributed by atoms with van der Waals surface area (Å²) in [5, 5.41) is 8.52. The molecular formula is C17H20BrN3O2S. The molecule has 0 spiro atoms. The number of hydrogen-bond acceptors (Lipinski definition) is 5. The van der Waals surface area contributed by atoms with Crippen molar-refractivity contribution in [1.29, 1.82) is 0 Å². The topological polar surface area (TPSA) is 59.2 Å². The van der Waals surface area contributed by atoms with Crippen molar-refractivity contribution >= 4 is 33.6 Å². The maximum Gasteiger partial charge on any atom is 0.277 e. The summed E-state index contributed by atoms with van der Waals surface area (Å²) in [6.45, 7) is 0. The Morgan fingerprint density at radius 2 is 2.04 bits per heavy atom. The number of thioether (sulfide) groups is 1. The van der Waals surface area contributed by atoms with E-state index in [0.717, 1.165) is 22.9 Å². The van der Waals surface area contributed by atoms with Crippen LogP contribution < -0.4 is 0 Å².